The summed E-state index contributed by atoms with van der Waals surface area (Å²) in [4.78, 5) is 26.4. The van der Waals surface area contributed by atoms with E-state index in [1.807, 2.05) is 0 Å². The summed E-state index contributed by atoms with van der Waals surface area (Å²) in [7, 11) is 0. The number of aliphatic hydroxyl groups excluding tert-OH is 1. The number of aromatic nitrogens is 2. The molecule has 1 saturated carbocycles. The van der Waals surface area contributed by atoms with Crippen LogP contribution in [-0.2, 0) is 4.79 Å². The van der Waals surface area contributed by atoms with Crippen LogP contribution in [0.5, 0.6) is 0 Å². The van der Waals surface area contributed by atoms with Gasteiger partial charge in [0.25, 0.3) is 0 Å². The van der Waals surface area contributed by atoms with Crippen molar-refractivity contribution in [3.63, 3.8) is 0 Å². The zero-order valence-electron chi connectivity index (χ0n) is 14.4. The van der Waals surface area contributed by atoms with Crippen molar-refractivity contribution in [2.45, 2.75) is 57.1 Å². The molecule has 1 spiro atoms. The second-order valence-corrected chi connectivity index (χ2v) is 8.63. The highest BCUT2D eigenvalue weighted by Crippen LogP contribution is 2.43. The van der Waals surface area contributed by atoms with Gasteiger partial charge in [-0.3, -0.25) is 4.79 Å². The number of hydrogen-bond donors (Lipinski definition) is 1. The van der Waals surface area contributed by atoms with Crippen molar-refractivity contribution >= 4 is 27.8 Å². The van der Waals surface area contributed by atoms with Gasteiger partial charge in [-0.15, -0.1) is 0 Å². The Morgan fingerprint density at radius 3 is 2.56 bits per heavy atom. The molecule has 0 bridgehead atoms. The van der Waals surface area contributed by atoms with E-state index in [-0.39, 0.29) is 11.5 Å². The lowest BCUT2D eigenvalue weighted by Gasteiger charge is -2.40. The molecule has 1 N–H and O–H groups in total. The number of piperidine rings is 1. The highest BCUT2D eigenvalue weighted by atomic mass is 79.9. The van der Waals surface area contributed by atoms with Gasteiger partial charge < -0.3 is 14.9 Å². The van der Waals surface area contributed by atoms with Gasteiger partial charge in [0.1, 0.15) is 0 Å². The Morgan fingerprint density at radius 1 is 1.12 bits per heavy atom. The van der Waals surface area contributed by atoms with E-state index in [1.54, 1.807) is 12.4 Å². The average molecular weight is 409 g/mol. The Bertz CT molecular complexity index is 632. The molecule has 3 heterocycles. The topological polar surface area (TPSA) is 69.6 Å². The van der Waals surface area contributed by atoms with E-state index < -0.39 is 0 Å². The van der Waals surface area contributed by atoms with Crippen LogP contribution in [0.1, 0.15) is 44.9 Å². The molecular weight excluding hydrogens is 384 g/mol. The van der Waals surface area contributed by atoms with E-state index in [0.29, 0.717) is 17.9 Å². The van der Waals surface area contributed by atoms with E-state index >= 15 is 0 Å². The van der Waals surface area contributed by atoms with Gasteiger partial charge in [-0.25, -0.2) is 9.97 Å². The summed E-state index contributed by atoms with van der Waals surface area (Å²) >= 11 is 3.37. The third-order valence-corrected chi connectivity index (χ3v) is 6.53. The number of carbonyl (C=O) groups excluding carboxylic acids is 1. The number of rotatable bonds is 2. The molecule has 0 aromatic carbocycles. The van der Waals surface area contributed by atoms with Gasteiger partial charge in [-0.05, 0) is 60.9 Å². The molecule has 2 aliphatic heterocycles. The Hall–Kier alpha value is -1.21. The van der Waals surface area contributed by atoms with E-state index in [9.17, 15) is 9.90 Å². The lowest BCUT2D eigenvalue weighted by Crippen LogP contribution is -2.50. The Kier molecular flexibility index (Phi) is 4.71. The Labute approximate surface area is 156 Å². The van der Waals surface area contributed by atoms with Crippen molar-refractivity contribution in [3.05, 3.63) is 16.9 Å². The summed E-state index contributed by atoms with van der Waals surface area (Å²) in [5.41, 5.74) is -0.273. The monoisotopic (exact) mass is 408 g/mol. The third-order valence-electron chi connectivity index (χ3n) is 6.12. The van der Waals surface area contributed by atoms with Crippen molar-refractivity contribution in [2.24, 2.45) is 5.41 Å². The second-order valence-electron chi connectivity index (χ2n) is 7.72. The molecule has 1 atom stereocenters. The molecule has 4 rings (SSSR count). The van der Waals surface area contributed by atoms with Crippen LogP contribution < -0.4 is 4.90 Å². The van der Waals surface area contributed by atoms with Gasteiger partial charge >= 0.3 is 0 Å². The minimum absolute atomic E-state index is 0.178. The van der Waals surface area contributed by atoms with Crippen LogP contribution in [-0.4, -0.2) is 57.7 Å². The summed E-state index contributed by atoms with van der Waals surface area (Å²) in [6, 6.07) is 0.314. The fourth-order valence-corrected chi connectivity index (χ4v) is 4.92. The van der Waals surface area contributed by atoms with Crippen LogP contribution >= 0.6 is 15.9 Å². The van der Waals surface area contributed by atoms with Crippen LogP contribution in [0.4, 0.5) is 5.95 Å². The van der Waals surface area contributed by atoms with Crippen molar-refractivity contribution < 1.29 is 9.90 Å². The van der Waals surface area contributed by atoms with Crippen LogP contribution in [0.15, 0.2) is 16.9 Å². The normalized spacial score (nSPS) is 33.3. The fourth-order valence-electron chi connectivity index (χ4n) is 4.72. The molecule has 6 nitrogen and oxygen atoms in total. The maximum absolute atomic E-state index is 13.3. The predicted octanol–water partition coefficient (Wildman–Crippen LogP) is 2.36. The van der Waals surface area contributed by atoms with Gasteiger partial charge in [0.05, 0.1) is 16.0 Å². The molecule has 3 aliphatic rings. The van der Waals surface area contributed by atoms with Gasteiger partial charge in [0.2, 0.25) is 11.9 Å². The minimum atomic E-state index is -0.273. The van der Waals surface area contributed by atoms with Crippen molar-refractivity contribution in [1.82, 2.24) is 14.9 Å². The first-order valence-corrected chi connectivity index (χ1v) is 10.1. The van der Waals surface area contributed by atoms with Crippen LogP contribution in [0.3, 0.4) is 0 Å². The van der Waals surface area contributed by atoms with Crippen LogP contribution in [0.25, 0.3) is 0 Å². The SMILES string of the molecule is O=C1N([C@H]2CC[C@H](O)CC2)CCC12CCCN(c1ncc(Br)cn1)C2. The first kappa shape index (κ1) is 17.2. The fraction of sp³-hybridized carbons (Fsp3) is 0.722. The number of aliphatic hydroxyl groups is 1. The first-order valence-electron chi connectivity index (χ1n) is 9.29. The smallest absolute Gasteiger partial charge is 0.230 e. The standard InChI is InChI=1S/C18H25BrN4O2/c19-13-10-20-17(21-11-13)22-8-1-6-18(12-22)7-9-23(16(18)25)14-2-4-15(24)5-3-14/h10-11,14-15,24H,1-9,12H2/t14-,15-,18?. The van der Waals surface area contributed by atoms with Crippen molar-refractivity contribution in [3.8, 4) is 0 Å². The molecule has 25 heavy (non-hydrogen) atoms. The number of anilines is 1. The van der Waals surface area contributed by atoms with E-state index in [0.717, 1.165) is 69.1 Å². The number of amides is 1. The molecule has 3 fully saturated rings. The molecule has 1 aliphatic carbocycles. The second kappa shape index (κ2) is 6.83. The Morgan fingerprint density at radius 2 is 1.84 bits per heavy atom. The summed E-state index contributed by atoms with van der Waals surface area (Å²) < 4.78 is 0.866. The molecule has 1 aromatic rings. The summed E-state index contributed by atoms with van der Waals surface area (Å²) in [5.74, 6) is 1.03. The zero-order valence-corrected chi connectivity index (χ0v) is 16.0. The largest absolute Gasteiger partial charge is 0.393 e. The molecule has 136 valence electrons. The highest BCUT2D eigenvalue weighted by molar-refractivity contribution is 9.10. The third kappa shape index (κ3) is 3.28. The van der Waals surface area contributed by atoms with E-state index in [1.165, 1.54) is 0 Å². The average Bonchev–Trinajstić information content (AvgIpc) is 2.93. The maximum atomic E-state index is 13.3. The summed E-state index contributed by atoms with van der Waals surface area (Å²) in [6.07, 6.45) is 9.75. The molecular formula is C18H25BrN4O2. The van der Waals surface area contributed by atoms with Gasteiger partial charge in [-0.2, -0.15) is 0 Å². The van der Waals surface area contributed by atoms with Gasteiger partial charge in [0, 0.05) is 38.1 Å². The minimum Gasteiger partial charge on any atom is -0.393 e. The lowest BCUT2D eigenvalue weighted by atomic mass is 9.78. The molecule has 1 amide bonds. The van der Waals surface area contributed by atoms with Crippen molar-refractivity contribution in [2.75, 3.05) is 24.5 Å². The molecule has 0 radical (unpaired) electrons. The molecule has 1 aromatic heterocycles. The zero-order chi connectivity index (χ0) is 17.4. The molecule has 2 saturated heterocycles. The number of hydrogen-bond acceptors (Lipinski definition) is 5. The molecule has 7 heteroatoms. The van der Waals surface area contributed by atoms with E-state index in [4.69, 9.17) is 0 Å². The number of carbonyl (C=O) groups is 1. The van der Waals surface area contributed by atoms with Crippen LogP contribution in [0.2, 0.25) is 0 Å². The van der Waals surface area contributed by atoms with Gasteiger partial charge in [0.15, 0.2) is 0 Å². The molecule has 1 unspecified atom stereocenters. The van der Waals surface area contributed by atoms with Crippen LogP contribution in [0, 0.1) is 5.41 Å². The van der Waals surface area contributed by atoms with Gasteiger partial charge in [-0.1, -0.05) is 0 Å². The maximum Gasteiger partial charge on any atom is 0.230 e. The highest BCUT2D eigenvalue weighted by Gasteiger charge is 2.50. The predicted molar refractivity (Wildman–Crippen MR) is 98.2 cm³/mol. The van der Waals surface area contributed by atoms with Crippen molar-refractivity contribution in [1.29, 1.82) is 0 Å². The summed E-state index contributed by atoms with van der Waals surface area (Å²) in [6.45, 7) is 2.49. The Balaban J connectivity index is 1.48. The number of likely N-dealkylation sites (tertiary alicyclic amines) is 1. The first-order chi connectivity index (χ1) is 12.1. The number of nitrogens with zero attached hydrogens (tertiary/aromatic N) is 4. The van der Waals surface area contributed by atoms with E-state index in [2.05, 4.69) is 35.7 Å². The summed E-state index contributed by atoms with van der Waals surface area (Å²) in [5, 5.41) is 9.73. The lowest BCUT2D eigenvalue weighted by molar-refractivity contribution is -0.139. The number of halogens is 1. The quantitative estimate of drug-likeness (QED) is 0.812.